The molecule has 9 nitrogen and oxygen atoms in total. The van der Waals surface area contributed by atoms with E-state index < -0.39 is 45.3 Å². The zero-order chi connectivity index (χ0) is 22.7. The molecule has 2 aliphatic rings. The summed E-state index contributed by atoms with van der Waals surface area (Å²) < 4.78 is 56.2. The van der Waals surface area contributed by atoms with Gasteiger partial charge < -0.3 is 19.5 Å². The smallest absolute Gasteiger partial charge is 0.324 e. The monoisotopic (exact) mass is 464 g/mol. The first-order chi connectivity index (χ1) is 15.4. The van der Waals surface area contributed by atoms with Crippen LogP contribution in [0.4, 0.5) is 4.39 Å². The lowest BCUT2D eigenvalue weighted by Crippen LogP contribution is -2.42. The molecular weight excluding hydrogens is 443 g/mol. The van der Waals surface area contributed by atoms with Crippen LogP contribution in [0.2, 0.25) is 0 Å². The number of carbonyl (C=O) groups is 2. The molecule has 2 aliphatic heterocycles. The van der Waals surface area contributed by atoms with Gasteiger partial charge in [0, 0.05) is 13.1 Å². The van der Waals surface area contributed by atoms with Gasteiger partial charge in [0.05, 0.1) is 0 Å². The Morgan fingerprint density at radius 2 is 1.94 bits per heavy atom. The number of rotatable bonds is 7. The summed E-state index contributed by atoms with van der Waals surface area (Å²) in [4.78, 5) is 24.1. The first kappa shape index (κ1) is 22.0. The van der Waals surface area contributed by atoms with Crippen molar-refractivity contribution in [2.75, 3.05) is 19.9 Å². The number of sulfonamides is 1. The van der Waals surface area contributed by atoms with Crippen molar-refractivity contribution in [3.8, 4) is 11.5 Å². The number of esters is 1. The van der Waals surface area contributed by atoms with E-state index in [-0.39, 0.29) is 26.3 Å². The summed E-state index contributed by atoms with van der Waals surface area (Å²) in [6.07, 6.45) is 0.648. The number of ether oxygens (including phenoxy) is 3. The third-order valence-electron chi connectivity index (χ3n) is 5.17. The Labute approximate surface area is 184 Å². The van der Waals surface area contributed by atoms with Crippen molar-refractivity contribution in [2.45, 2.75) is 30.3 Å². The molecule has 2 aromatic rings. The number of nitrogens with zero attached hydrogens (tertiary/aromatic N) is 1. The Balaban J connectivity index is 1.32. The third kappa shape index (κ3) is 4.53. The van der Waals surface area contributed by atoms with Crippen LogP contribution >= 0.6 is 0 Å². The Morgan fingerprint density at radius 3 is 2.75 bits per heavy atom. The van der Waals surface area contributed by atoms with Gasteiger partial charge in [-0.1, -0.05) is 18.2 Å². The molecule has 11 heteroatoms. The normalized spacial score (nSPS) is 17.8. The van der Waals surface area contributed by atoms with Crippen LogP contribution in [0.15, 0.2) is 47.4 Å². The van der Waals surface area contributed by atoms with Crippen LogP contribution in [0.1, 0.15) is 18.4 Å². The molecule has 1 saturated heterocycles. The average Bonchev–Trinajstić information content (AvgIpc) is 3.45. The van der Waals surface area contributed by atoms with Crippen molar-refractivity contribution in [3.63, 3.8) is 0 Å². The van der Waals surface area contributed by atoms with E-state index in [1.165, 1.54) is 12.1 Å². The minimum atomic E-state index is -4.22. The van der Waals surface area contributed by atoms with E-state index in [1.807, 2.05) is 0 Å². The van der Waals surface area contributed by atoms with E-state index >= 15 is 0 Å². The molecule has 0 unspecified atom stereocenters. The maximum absolute atomic E-state index is 14.0. The van der Waals surface area contributed by atoms with E-state index in [9.17, 15) is 22.4 Å². The van der Waals surface area contributed by atoms with Gasteiger partial charge >= 0.3 is 5.97 Å². The molecule has 1 N–H and O–H groups in total. The van der Waals surface area contributed by atoms with Crippen molar-refractivity contribution in [1.29, 1.82) is 0 Å². The van der Waals surface area contributed by atoms with Crippen LogP contribution in [0.5, 0.6) is 11.5 Å². The maximum Gasteiger partial charge on any atom is 0.324 e. The number of hydrogen-bond acceptors (Lipinski definition) is 7. The van der Waals surface area contributed by atoms with Crippen molar-refractivity contribution < 1.29 is 36.6 Å². The van der Waals surface area contributed by atoms with E-state index in [1.54, 1.807) is 18.2 Å². The molecule has 2 heterocycles. The predicted molar refractivity (Wildman–Crippen MR) is 109 cm³/mol. The highest BCUT2D eigenvalue weighted by molar-refractivity contribution is 7.89. The van der Waals surface area contributed by atoms with E-state index in [2.05, 4.69) is 5.32 Å². The number of halogens is 1. The van der Waals surface area contributed by atoms with Gasteiger partial charge in [-0.3, -0.25) is 9.59 Å². The quantitative estimate of drug-likeness (QED) is 0.619. The number of nitrogens with one attached hydrogen (secondary N) is 1. The van der Waals surface area contributed by atoms with Gasteiger partial charge in [0.1, 0.15) is 16.8 Å². The molecular formula is C21H21FN2O7S. The molecule has 170 valence electrons. The van der Waals surface area contributed by atoms with E-state index in [0.717, 1.165) is 22.0 Å². The Morgan fingerprint density at radius 1 is 1.16 bits per heavy atom. The summed E-state index contributed by atoms with van der Waals surface area (Å²) in [5.74, 6) is -1.08. The zero-order valence-corrected chi connectivity index (χ0v) is 17.8. The molecule has 0 saturated carbocycles. The van der Waals surface area contributed by atoms with Crippen LogP contribution in [-0.4, -0.2) is 50.6 Å². The first-order valence-electron chi connectivity index (χ1n) is 9.94. The topological polar surface area (TPSA) is 111 Å². The number of fused-ring (bicyclic) bond motifs is 1. The molecule has 0 bridgehead atoms. The van der Waals surface area contributed by atoms with Gasteiger partial charge in [0.15, 0.2) is 18.1 Å². The van der Waals surface area contributed by atoms with Crippen molar-refractivity contribution >= 4 is 21.9 Å². The second-order valence-corrected chi connectivity index (χ2v) is 9.14. The lowest BCUT2D eigenvalue weighted by atomic mass is 10.2. The average molecular weight is 464 g/mol. The Bertz CT molecular complexity index is 1140. The first-order valence-corrected chi connectivity index (χ1v) is 11.4. The van der Waals surface area contributed by atoms with Gasteiger partial charge in [-0.2, -0.15) is 4.31 Å². The summed E-state index contributed by atoms with van der Waals surface area (Å²) >= 11 is 0. The second-order valence-electron chi connectivity index (χ2n) is 7.28. The molecule has 32 heavy (non-hydrogen) atoms. The molecule has 4 rings (SSSR count). The lowest BCUT2D eigenvalue weighted by molar-refractivity contribution is -0.151. The Hall–Kier alpha value is -3.18. The van der Waals surface area contributed by atoms with Gasteiger partial charge in [0.2, 0.25) is 16.8 Å². The SMILES string of the molecule is O=C(COC(=O)[C@@H]1CCCN1S(=O)(=O)c1ccccc1F)NCc1ccc2c(c1)OCO2. The third-order valence-corrected chi connectivity index (χ3v) is 7.11. The van der Waals surface area contributed by atoms with Crippen LogP contribution < -0.4 is 14.8 Å². The van der Waals surface area contributed by atoms with Crippen molar-refractivity contribution in [3.05, 3.63) is 53.8 Å². The van der Waals surface area contributed by atoms with Gasteiger partial charge in [-0.15, -0.1) is 0 Å². The summed E-state index contributed by atoms with van der Waals surface area (Å²) in [7, 11) is -4.22. The summed E-state index contributed by atoms with van der Waals surface area (Å²) in [6, 6.07) is 9.10. The number of benzene rings is 2. The second kappa shape index (κ2) is 9.13. The molecule has 0 radical (unpaired) electrons. The minimum absolute atomic E-state index is 0.0622. The number of amides is 1. The standard InChI is InChI=1S/C21H21FN2O7S/c22-15-4-1-2-6-19(15)32(27,28)24-9-3-5-16(24)21(26)29-12-20(25)23-11-14-7-8-17-18(10-14)31-13-30-17/h1-2,4,6-8,10,16H,3,5,9,11-13H2,(H,23,25)/t16-/m0/s1. The lowest BCUT2D eigenvalue weighted by Gasteiger charge is -2.22. The van der Waals surface area contributed by atoms with Crippen molar-refractivity contribution in [2.24, 2.45) is 0 Å². The molecule has 0 spiro atoms. The maximum atomic E-state index is 14.0. The Kier molecular flexibility index (Phi) is 6.28. The van der Waals surface area contributed by atoms with Crippen LogP contribution in [0.25, 0.3) is 0 Å². The van der Waals surface area contributed by atoms with Gasteiger partial charge in [-0.05, 0) is 42.7 Å². The van der Waals surface area contributed by atoms with Crippen LogP contribution in [-0.2, 0) is 30.9 Å². The molecule has 0 aliphatic carbocycles. The molecule has 0 aromatic heterocycles. The fourth-order valence-corrected chi connectivity index (χ4v) is 5.29. The molecule has 1 atom stereocenters. The summed E-state index contributed by atoms with van der Waals surface area (Å²) in [5.41, 5.74) is 0.770. The van der Waals surface area contributed by atoms with Crippen molar-refractivity contribution in [1.82, 2.24) is 9.62 Å². The molecule has 1 amide bonds. The van der Waals surface area contributed by atoms with Crippen LogP contribution in [0.3, 0.4) is 0 Å². The zero-order valence-electron chi connectivity index (χ0n) is 17.0. The van der Waals surface area contributed by atoms with E-state index in [0.29, 0.717) is 17.9 Å². The number of hydrogen-bond donors (Lipinski definition) is 1. The highest BCUT2D eigenvalue weighted by atomic mass is 32.2. The van der Waals surface area contributed by atoms with Gasteiger partial charge in [-0.25, -0.2) is 12.8 Å². The fourth-order valence-electron chi connectivity index (χ4n) is 3.58. The largest absolute Gasteiger partial charge is 0.454 e. The fraction of sp³-hybridized carbons (Fsp3) is 0.333. The van der Waals surface area contributed by atoms with Gasteiger partial charge in [0.25, 0.3) is 5.91 Å². The minimum Gasteiger partial charge on any atom is -0.454 e. The molecule has 1 fully saturated rings. The predicted octanol–water partition coefficient (Wildman–Crippen LogP) is 1.57. The highest BCUT2D eigenvalue weighted by Gasteiger charge is 2.41. The van der Waals surface area contributed by atoms with Crippen LogP contribution in [0, 0.1) is 5.82 Å². The summed E-state index contributed by atoms with van der Waals surface area (Å²) in [6.45, 7) is -0.170. The van der Waals surface area contributed by atoms with E-state index in [4.69, 9.17) is 14.2 Å². The number of carbonyl (C=O) groups excluding carboxylic acids is 2. The molecule has 2 aromatic carbocycles. The highest BCUT2D eigenvalue weighted by Crippen LogP contribution is 2.32. The summed E-state index contributed by atoms with van der Waals surface area (Å²) in [5, 5.41) is 2.62.